The average molecular weight is 426 g/mol. The number of fused-ring (bicyclic) bond motifs is 3. The molecule has 6 nitrogen and oxygen atoms in total. The van der Waals surface area contributed by atoms with Gasteiger partial charge >= 0.3 is 0 Å². The summed E-state index contributed by atoms with van der Waals surface area (Å²) in [5.41, 5.74) is 3.37. The molecular formula is C25H35N3O3. The molecule has 0 saturated carbocycles. The van der Waals surface area contributed by atoms with Crippen LogP contribution in [0, 0.1) is 13.8 Å². The molecule has 2 aliphatic rings. The molecule has 2 aliphatic heterocycles. The van der Waals surface area contributed by atoms with Crippen molar-refractivity contribution in [2.75, 3.05) is 26.2 Å². The molecule has 1 amide bonds. The number of hydrogen-bond acceptors (Lipinski definition) is 5. The highest BCUT2D eigenvalue weighted by Crippen LogP contribution is 2.24. The van der Waals surface area contributed by atoms with Crippen LogP contribution >= 0.6 is 0 Å². The summed E-state index contributed by atoms with van der Waals surface area (Å²) < 4.78 is 11.5. The predicted octanol–water partition coefficient (Wildman–Crippen LogP) is 4.28. The van der Waals surface area contributed by atoms with E-state index in [9.17, 15) is 4.79 Å². The van der Waals surface area contributed by atoms with E-state index in [4.69, 9.17) is 9.26 Å². The van der Waals surface area contributed by atoms with E-state index in [2.05, 4.69) is 33.2 Å². The van der Waals surface area contributed by atoms with Crippen molar-refractivity contribution in [1.29, 1.82) is 0 Å². The fraction of sp³-hybridized carbons (Fsp3) is 0.600. The first-order valence-corrected chi connectivity index (χ1v) is 11.8. The molecule has 31 heavy (non-hydrogen) atoms. The summed E-state index contributed by atoms with van der Waals surface area (Å²) >= 11 is 0. The molecule has 1 atom stereocenters. The van der Waals surface area contributed by atoms with Gasteiger partial charge in [0.15, 0.2) is 0 Å². The lowest BCUT2D eigenvalue weighted by Crippen LogP contribution is -2.44. The van der Waals surface area contributed by atoms with Crippen molar-refractivity contribution in [3.63, 3.8) is 0 Å². The first kappa shape index (κ1) is 21.9. The zero-order valence-corrected chi connectivity index (χ0v) is 18.9. The molecular weight excluding hydrogens is 390 g/mol. The van der Waals surface area contributed by atoms with Gasteiger partial charge in [-0.3, -0.25) is 9.69 Å². The molecule has 0 radical (unpaired) electrons. The highest BCUT2D eigenvalue weighted by atomic mass is 16.5. The van der Waals surface area contributed by atoms with Gasteiger partial charge in [-0.25, -0.2) is 0 Å². The van der Waals surface area contributed by atoms with Gasteiger partial charge in [0.2, 0.25) is 5.91 Å². The fourth-order valence-electron chi connectivity index (χ4n) is 4.86. The number of hydrogen-bond donors (Lipinski definition) is 0. The molecule has 1 unspecified atom stereocenters. The minimum atomic E-state index is 0.321. The number of nitrogens with zero attached hydrogens (tertiary/aromatic N) is 3. The van der Waals surface area contributed by atoms with E-state index in [0.717, 1.165) is 81.1 Å². The SMILES string of the molecule is Cc1noc(C)c1CN1CCCC(=O)N2CCCCC2CCc2cccc(c2)OCC1. The quantitative estimate of drug-likeness (QED) is 0.719. The third kappa shape index (κ3) is 5.67. The Labute approximate surface area is 185 Å². The lowest BCUT2D eigenvalue weighted by atomic mass is 9.95. The second-order valence-electron chi connectivity index (χ2n) is 8.95. The first-order valence-electron chi connectivity index (χ1n) is 11.8. The summed E-state index contributed by atoms with van der Waals surface area (Å²) in [6, 6.07) is 8.82. The van der Waals surface area contributed by atoms with E-state index in [1.165, 1.54) is 12.0 Å². The Hall–Kier alpha value is -2.34. The number of benzene rings is 1. The van der Waals surface area contributed by atoms with Crippen molar-refractivity contribution in [2.45, 2.75) is 71.4 Å². The summed E-state index contributed by atoms with van der Waals surface area (Å²) in [6.07, 6.45) is 6.98. The number of carbonyl (C=O) groups is 1. The van der Waals surface area contributed by atoms with Crippen molar-refractivity contribution in [2.24, 2.45) is 0 Å². The fourth-order valence-corrected chi connectivity index (χ4v) is 4.86. The van der Waals surface area contributed by atoms with Gasteiger partial charge in [-0.05, 0) is 76.6 Å². The molecule has 1 saturated heterocycles. The number of amides is 1. The largest absolute Gasteiger partial charge is 0.492 e. The molecule has 1 aromatic carbocycles. The van der Waals surface area contributed by atoms with Gasteiger partial charge in [-0.1, -0.05) is 17.3 Å². The second kappa shape index (κ2) is 10.3. The second-order valence-corrected chi connectivity index (χ2v) is 8.95. The van der Waals surface area contributed by atoms with Gasteiger partial charge in [0, 0.05) is 37.7 Å². The summed E-state index contributed by atoms with van der Waals surface area (Å²) in [7, 11) is 0. The van der Waals surface area contributed by atoms with Crippen molar-refractivity contribution in [3.05, 3.63) is 46.8 Å². The summed E-state index contributed by atoms with van der Waals surface area (Å²) in [6.45, 7) is 7.91. The number of aryl methyl sites for hydroxylation is 3. The molecule has 1 fully saturated rings. The maximum atomic E-state index is 13.1. The van der Waals surface area contributed by atoms with E-state index in [0.29, 0.717) is 25.0 Å². The monoisotopic (exact) mass is 425 g/mol. The van der Waals surface area contributed by atoms with Crippen LogP contribution in [-0.4, -0.2) is 53.1 Å². The summed E-state index contributed by atoms with van der Waals surface area (Å²) in [5.74, 6) is 2.12. The van der Waals surface area contributed by atoms with Crippen LogP contribution in [0.1, 0.15) is 61.1 Å². The summed E-state index contributed by atoms with van der Waals surface area (Å²) in [5, 5.41) is 4.10. The van der Waals surface area contributed by atoms with Gasteiger partial charge in [0.25, 0.3) is 0 Å². The van der Waals surface area contributed by atoms with Crippen LogP contribution in [0.25, 0.3) is 0 Å². The Morgan fingerprint density at radius 3 is 2.81 bits per heavy atom. The minimum absolute atomic E-state index is 0.321. The molecule has 1 aromatic heterocycles. The summed E-state index contributed by atoms with van der Waals surface area (Å²) in [4.78, 5) is 17.6. The minimum Gasteiger partial charge on any atom is -0.492 e. The Morgan fingerprint density at radius 1 is 1.06 bits per heavy atom. The highest BCUT2D eigenvalue weighted by molar-refractivity contribution is 5.76. The Morgan fingerprint density at radius 2 is 1.97 bits per heavy atom. The van der Waals surface area contributed by atoms with E-state index in [1.807, 2.05) is 19.9 Å². The van der Waals surface area contributed by atoms with Gasteiger partial charge in [0.1, 0.15) is 18.1 Å². The molecule has 168 valence electrons. The molecule has 0 aliphatic carbocycles. The van der Waals surface area contributed by atoms with Crippen molar-refractivity contribution < 1.29 is 14.1 Å². The topological polar surface area (TPSA) is 58.8 Å². The Balaban J connectivity index is 1.50. The number of ether oxygens (including phenoxy) is 1. The van der Waals surface area contributed by atoms with Crippen LogP contribution in [-0.2, 0) is 17.8 Å². The zero-order chi connectivity index (χ0) is 21.6. The van der Waals surface area contributed by atoms with Crippen LogP contribution in [0.3, 0.4) is 0 Å². The van der Waals surface area contributed by atoms with Crippen molar-refractivity contribution in [3.8, 4) is 5.75 Å². The van der Waals surface area contributed by atoms with Crippen LogP contribution in [0.4, 0.5) is 0 Å². The van der Waals surface area contributed by atoms with Gasteiger partial charge in [-0.2, -0.15) is 0 Å². The lowest BCUT2D eigenvalue weighted by Gasteiger charge is -2.36. The smallest absolute Gasteiger partial charge is 0.222 e. The molecule has 3 heterocycles. The third-order valence-electron chi connectivity index (χ3n) is 6.72. The Bertz CT molecular complexity index is 859. The number of carbonyl (C=O) groups excluding carboxylic acids is 1. The number of aromatic nitrogens is 1. The standard InChI is InChI=1S/C25H35N3O3/c1-19-24(20(2)31-26-19)18-27-13-6-10-25(29)28-14-4-3-8-22(28)12-11-21-7-5-9-23(17-21)30-16-15-27/h5,7,9,17,22H,3-4,6,8,10-16,18H2,1-2H3. The van der Waals surface area contributed by atoms with Gasteiger partial charge in [-0.15, -0.1) is 0 Å². The Kier molecular flexibility index (Phi) is 7.28. The predicted molar refractivity (Wildman–Crippen MR) is 120 cm³/mol. The van der Waals surface area contributed by atoms with Crippen molar-refractivity contribution >= 4 is 5.91 Å². The maximum absolute atomic E-state index is 13.1. The van der Waals surface area contributed by atoms with Crippen molar-refractivity contribution in [1.82, 2.24) is 15.0 Å². The number of rotatable bonds is 2. The van der Waals surface area contributed by atoms with Gasteiger partial charge in [0.05, 0.1) is 5.69 Å². The van der Waals surface area contributed by atoms with Crippen LogP contribution in [0.2, 0.25) is 0 Å². The lowest BCUT2D eigenvalue weighted by molar-refractivity contribution is -0.135. The van der Waals surface area contributed by atoms with E-state index in [1.54, 1.807) is 0 Å². The first-order chi connectivity index (χ1) is 15.1. The van der Waals surface area contributed by atoms with E-state index < -0.39 is 0 Å². The molecule has 0 N–H and O–H groups in total. The molecule has 6 heteroatoms. The molecule has 2 bridgehead atoms. The van der Waals surface area contributed by atoms with E-state index >= 15 is 0 Å². The van der Waals surface area contributed by atoms with E-state index in [-0.39, 0.29) is 0 Å². The highest BCUT2D eigenvalue weighted by Gasteiger charge is 2.26. The van der Waals surface area contributed by atoms with Crippen LogP contribution in [0.15, 0.2) is 28.8 Å². The third-order valence-corrected chi connectivity index (χ3v) is 6.72. The molecule has 0 spiro atoms. The number of piperidine rings is 1. The van der Waals surface area contributed by atoms with Crippen LogP contribution < -0.4 is 4.74 Å². The normalized spacial score (nSPS) is 21.7. The maximum Gasteiger partial charge on any atom is 0.222 e. The van der Waals surface area contributed by atoms with Crippen LogP contribution in [0.5, 0.6) is 5.75 Å². The molecule has 2 aromatic rings. The molecule has 4 rings (SSSR count). The zero-order valence-electron chi connectivity index (χ0n) is 18.9. The van der Waals surface area contributed by atoms with Gasteiger partial charge < -0.3 is 14.2 Å². The average Bonchev–Trinajstić information content (AvgIpc) is 3.09.